The third kappa shape index (κ3) is 3.42. The Bertz CT molecular complexity index is 307. The van der Waals surface area contributed by atoms with E-state index >= 15 is 0 Å². The Morgan fingerprint density at radius 3 is 3.25 bits per heavy atom. The summed E-state index contributed by atoms with van der Waals surface area (Å²) in [6.45, 7) is 4.34. The monoisotopic (exact) mass is 240 g/mol. The molecule has 2 N–H and O–H groups in total. The lowest BCUT2D eigenvalue weighted by Gasteiger charge is -2.09. The summed E-state index contributed by atoms with van der Waals surface area (Å²) in [7, 11) is 0. The molecule has 0 saturated carbocycles. The average molecular weight is 240 g/mol. The standard InChI is InChI=1S/C11H20N4S/c1-2-4-10-14-11(16-15-10)13-8-6-9-5-3-7-12-9/h9,12H,2-8H2,1H3,(H,13,14,15)/t9-/m1/s1. The van der Waals surface area contributed by atoms with Crippen molar-refractivity contribution >= 4 is 16.7 Å². The molecule has 5 heteroatoms. The normalized spacial score (nSPS) is 20.2. The van der Waals surface area contributed by atoms with Crippen LogP contribution >= 0.6 is 11.5 Å². The Morgan fingerprint density at radius 2 is 2.50 bits per heavy atom. The highest BCUT2D eigenvalue weighted by Crippen LogP contribution is 2.13. The van der Waals surface area contributed by atoms with Gasteiger partial charge in [-0.05, 0) is 32.2 Å². The molecule has 0 aliphatic carbocycles. The molecule has 0 unspecified atom stereocenters. The average Bonchev–Trinajstić information content (AvgIpc) is 2.90. The third-order valence-electron chi connectivity index (χ3n) is 2.87. The minimum absolute atomic E-state index is 0.704. The van der Waals surface area contributed by atoms with E-state index in [9.17, 15) is 0 Å². The molecule has 2 rings (SSSR count). The minimum atomic E-state index is 0.704. The van der Waals surface area contributed by atoms with Crippen LogP contribution in [-0.2, 0) is 6.42 Å². The zero-order valence-corrected chi connectivity index (χ0v) is 10.6. The first-order chi connectivity index (χ1) is 7.88. The van der Waals surface area contributed by atoms with Crippen LogP contribution < -0.4 is 10.6 Å². The molecule has 90 valence electrons. The van der Waals surface area contributed by atoms with E-state index in [1.165, 1.54) is 37.3 Å². The smallest absolute Gasteiger partial charge is 0.202 e. The van der Waals surface area contributed by atoms with Crippen molar-refractivity contribution < 1.29 is 0 Å². The molecule has 1 fully saturated rings. The van der Waals surface area contributed by atoms with E-state index in [2.05, 4.69) is 26.9 Å². The molecule has 1 aliphatic heterocycles. The number of aromatic nitrogens is 2. The third-order valence-corrected chi connectivity index (χ3v) is 3.58. The molecule has 0 aromatic carbocycles. The van der Waals surface area contributed by atoms with E-state index in [4.69, 9.17) is 0 Å². The topological polar surface area (TPSA) is 49.8 Å². The summed E-state index contributed by atoms with van der Waals surface area (Å²) < 4.78 is 4.31. The maximum atomic E-state index is 4.44. The van der Waals surface area contributed by atoms with Crippen molar-refractivity contribution in [3.8, 4) is 0 Å². The Kier molecular flexibility index (Phi) is 4.54. The summed E-state index contributed by atoms with van der Waals surface area (Å²) in [6, 6.07) is 0.704. The molecule has 1 aromatic heterocycles. The first-order valence-corrected chi connectivity index (χ1v) is 6.95. The van der Waals surface area contributed by atoms with E-state index in [1.54, 1.807) is 0 Å². The summed E-state index contributed by atoms with van der Waals surface area (Å²) in [5.74, 6) is 0.981. The molecule has 1 aliphatic rings. The maximum absolute atomic E-state index is 4.44. The molecule has 1 aromatic rings. The van der Waals surface area contributed by atoms with Gasteiger partial charge in [0.2, 0.25) is 5.13 Å². The molecule has 0 spiro atoms. The van der Waals surface area contributed by atoms with Crippen LogP contribution in [0.3, 0.4) is 0 Å². The van der Waals surface area contributed by atoms with Gasteiger partial charge in [-0.2, -0.15) is 4.37 Å². The first-order valence-electron chi connectivity index (χ1n) is 6.18. The van der Waals surface area contributed by atoms with Gasteiger partial charge in [-0.25, -0.2) is 4.98 Å². The second kappa shape index (κ2) is 6.15. The van der Waals surface area contributed by atoms with Gasteiger partial charge in [0.1, 0.15) is 5.82 Å². The quantitative estimate of drug-likeness (QED) is 0.799. The number of nitrogens with one attached hydrogen (secondary N) is 2. The molecular weight excluding hydrogens is 220 g/mol. The highest BCUT2D eigenvalue weighted by Gasteiger charge is 2.13. The fraction of sp³-hybridized carbons (Fsp3) is 0.818. The summed E-state index contributed by atoms with van der Waals surface area (Å²) in [5, 5.41) is 7.82. The summed E-state index contributed by atoms with van der Waals surface area (Å²) >= 11 is 1.48. The molecule has 1 saturated heterocycles. The highest BCUT2D eigenvalue weighted by atomic mass is 32.1. The Morgan fingerprint density at radius 1 is 1.56 bits per heavy atom. The van der Waals surface area contributed by atoms with E-state index < -0.39 is 0 Å². The van der Waals surface area contributed by atoms with Crippen molar-refractivity contribution in [2.24, 2.45) is 0 Å². The zero-order valence-electron chi connectivity index (χ0n) is 9.83. The van der Waals surface area contributed by atoms with E-state index in [-0.39, 0.29) is 0 Å². The van der Waals surface area contributed by atoms with Gasteiger partial charge in [-0.15, -0.1) is 0 Å². The Hall–Kier alpha value is -0.680. The number of rotatable bonds is 6. The largest absolute Gasteiger partial charge is 0.360 e. The summed E-state index contributed by atoms with van der Waals surface area (Å²) in [4.78, 5) is 4.44. The lowest BCUT2D eigenvalue weighted by molar-refractivity contribution is 0.574. The molecule has 0 radical (unpaired) electrons. The second-order valence-electron chi connectivity index (χ2n) is 4.27. The number of anilines is 1. The van der Waals surface area contributed by atoms with Crippen LogP contribution in [0.5, 0.6) is 0 Å². The molecular formula is C11H20N4S. The van der Waals surface area contributed by atoms with Gasteiger partial charge in [0, 0.05) is 30.5 Å². The zero-order chi connectivity index (χ0) is 11.2. The minimum Gasteiger partial charge on any atom is -0.360 e. The van der Waals surface area contributed by atoms with Crippen LogP contribution in [0.4, 0.5) is 5.13 Å². The van der Waals surface area contributed by atoms with Crippen molar-refractivity contribution in [1.82, 2.24) is 14.7 Å². The van der Waals surface area contributed by atoms with Crippen LogP contribution in [0.2, 0.25) is 0 Å². The van der Waals surface area contributed by atoms with Crippen molar-refractivity contribution in [2.45, 2.75) is 45.1 Å². The number of hydrogen-bond donors (Lipinski definition) is 2. The predicted octanol–water partition coefficient (Wildman–Crippen LogP) is 2.04. The van der Waals surface area contributed by atoms with Crippen LogP contribution in [0.1, 0.15) is 38.4 Å². The van der Waals surface area contributed by atoms with E-state index in [1.807, 2.05) is 0 Å². The molecule has 2 heterocycles. The predicted molar refractivity (Wildman–Crippen MR) is 68.0 cm³/mol. The van der Waals surface area contributed by atoms with Gasteiger partial charge in [0.15, 0.2) is 0 Å². The fourth-order valence-corrected chi connectivity index (χ4v) is 2.64. The van der Waals surface area contributed by atoms with Crippen molar-refractivity contribution in [1.29, 1.82) is 0 Å². The van der Waals surface area contributed by atoms with Crippen LogP contribution in [0, 0.1) is 0 Å². The van der Waals surface area contributed by atoms with E-state index in [0.717, 1.165) is 30.3 Å². The van der Waals surface area contributed by atoms with Crippen molar-refractivity contribution in [2.75, 3.05) is 18.4 Å². The molecule has 0 amide bonds. The van der Waals surface area contributed by atoms with Gasteiger partial charge < -0.3 is 10.6 Å². The molecule has 4 nitrogen and oxygen atoms in total. The highest BCUT2D eigenvalue weighted by molar-refractivity contribution is 7.09. The van der Waals surface area contributed by atoms with E-state index in [0.29, 0.717) is 6.04 Å². The number of hydrogen-bond acceptors (Lipinski definition) is 5. The Balaban J connectivity index is 1.67. The molecule has 16 heavy (non-hydrogen) atoms. The van der Waals surface area contributed by atoms with Crippen molar-refractivity contribution in [3.63, 3.8) is 0 Å². The second-order valence-corrected chi connectivity index (χ2v) is 5.03. The number of nitrogens with zero attached hydrogens (tertiary/aromatic N) is 2. The summed E-state index contributed by atoms with van der Waals surface area (Å²) in [5.41, 5.74) is 0. The Labute approximate surface area is 101 Å². The van der Waals surface area contributed by atoms with Crippen LogP contribution in [0.25, 0.3) is 0 Å². The SMILES string of the molecule is CCCc1nsc(NCC[C@H]2CCCN2)n1. The fourth-order valence-electron chi connectivity index (χ4n) is 2.01. The maximum Gasteiger partial charge on any atom is 0.202 e. The molecule has 0 bridgehead atoms. The van der Waals surface area contributed by atoms with Crippen LogP contribution in [0.15, 0.2) is 0 Å². The van der Waals surface area contributed by atoms with Gasteiger partial charge in [-0.3, -0.25) is 0 Å². The van der Waals surface area contributed by atoms with Gasteiger partial charge in [0.25, 0.3) is 0 Å². The van der Waals surface area contributed by atoms with Gasteiger partial charge >= 0.3 is 0 Å². The lowest BCUT2D eigenvalue weighted by atomic mass is 10.2. The lowest BCUT2D eigenvalue weighted by Crippen LogP contribution is -2.24. The molecule has 1 atom stereocenters. The number of aryl methyl sites for hydroxylation is 1. The van der Waals surface area contributed by atoms with Gasteiger partial charge in [-0.1, -0.05) is 6.92 Å². The first kappa shape index (κ1) is 11.8. The van der Waals surface area contributed by atoms with Gasteiger partial charge in [0.05, 0.1) is 0 Å². The van der Waals surface area contributed by atoms with Crippen LogP contribution in [-0.4, -0.2) is 28.5 Å². The summed E-state index contributed by atoms with van der Waals surface area (Å²) in [6.07, 6.45) is 5.93. The van der Waals surface area contributed by atoms with Crippen molar-refractivity contribution in [3.05, 3.63) is 5.82 Å².